The molecule has 0 unspecified atom stereocenters. The van der Waals surface area contributed by atoms with Crippen molar-refractivity contribution in [3.8, 4) is 5.75 Å². The van der Waals surface area contributed by atoms with E-state index >= 15 is 0 Å². The number of aryl methyl sites for hydroxylation is 1. The summed E-state index contributed by atoms with van der Waals surface area (Å²) >= 11 is 6.13. The SMILES string of the molecule is CCCCCCCCCCCCc1ccc(COc2cc(C(=O)O)nc3ccc(Cl)cc23)cc1. The third kappa shape index (κ3) is 8.32. The smallest absolute Gasteiger partial charge is 0.354 e. The van der Waals surface area contributed by atoms with Crippen LogP contribution in [0.3, 0.4) is 0 Å². The minimum atomic E-state index is -1.09. The Morgan fingerprint density at radius 1 is 0.853 bits per heavy atom. The Labute approximate surface area is 208 Å². The summed E-state index contributed by atoms with van der Waals surface area (Å²) in [5, 5.41) is 10.6. The van der Waals surface area contributed by atoms with E-state index in [1.165, 1.54) is 75.8 Å². The van der Waals surface area contributed by atoms with E-state index in [0.717, 1.165) is 12.0 Å². The van der Waals surface area contributed by atoms with E-state index in [0.29, 0.717) is 28.3 Å². The van der Waals surface area contributed by atoms with Crippen LogP contribution in [0.1, 0.15) is 92.7 Å². The van der Waals surface area contributed by atoms with Crippen LogP contribution in [0.15, 0.2) is 48.5 Å². The number of unbranched alkanes of at least 4 members (excludes halogenated alkanes) is 9. The summed E-state index contributed by atoms with van der Waals surface area (Å²) in [5.74, 6) is -0.614. The number of carbonyl (C=O) groups is 1. The van der Waals surface area contributed by atoms with Crippen LogP contribution in [-0.2, 0) is 13.0 Å². The van der Waals surface area contributed by atoms with Gasteiger partial charge < -0.3 is 9.84 Å². The van der Waals surface area contributed by atoms with Gasteiger partial charge in [0, 0.05) is 16.5 Å². The van der Waals surface area contributed by atoms with Crippen molar-refractivity contribution in [3.05, 3.63) is 70.4 Å². The Bertz CT molecular complexity index is 1050. The average molecular weight is 482 g/mol. The van der Waals surface area contributed by atoms with Gasteiger partial charge in [0.1, 0.15) is 12.4 Å². The second kappa shape index (κ2) is 14.0. The fraction of sp³-hybridized carbons (Fsp3) is 0.448. The van der Waals surface area contributed by atoms with E-state index < -0.39 is 5.97 Å². The Hall–Kier alpha value is -2.59. The predicted molar refractivity (Wildman–Crippen MR) is 140 cm³/mol. The molecule has 0 aliphatic rings. The minimum absolute atomic E-state index is 0.0448. The second-order valence-corrected chi connectivity index (χ2v) is 9.45. The normalized spacial score (nSPS) is 11.1. The maximum Gasteiger partial charge on any atom is 0.354 e. The largest absolute Gasteiger partial charge is 0.488 e. The first-order chi connectivity index (χ1) is 16.6. The molecule has 34 heavy (non-hydrogen) atoms. The third-order valence-corrected chi connectivity index (χ3v) is 6.42. The summed E-state index contributed by atoms with van der Waals surface area (Å²) in [6.07, 6.45) is 14.6. The lowest BCUT2D eigenvalue weighted by Gasteiger charge is -2.11. The van der Waals surface area contributed by atoms with Gasteiger partial charge >= 0.3 is 5.97 Å². The molecule has 0 bridgehead atoms. The molecule has 182 valence electrons. The number of aromatic nitrogens is 1. The van der Waals surface area contributed by atoms with Crippen molar-refractivity contribution >= 4 is 28.5 Å². The Morgan fingerprint density at radius 2 is 1.47 bits per heavy atom. The van der Waals surface area contributed by atoms with Gasteiger partial charge in [-0.25, -0.2) is 9.78 Å². The quantitative estimate of drug-likeness (QED) is 0.221. The highest BCUT2D eigenvalue weighted by Gasteiger charge is 2.12. The lowest BCUT2D eigenvalue weighted by atomic mass is 10.0. The van der Waals surface area contributed by atoms with Crippen molar-refractivity contribution in [2.45, 2.75) is 84.2 Å². The van der Waals surface area contributed by atoms with E-state index in [4.69, 9.17) is 16.3 Å². The molecular weight excluding hydrogens is 446 g/mol. The van der Waals surface area contributed by atoms with Crippen LogP contribution in [0.2, 0.25) is 5.02 Å². The minimum Gasteiger partial charge on any atom is -0.488 e. The lowest BCUT2D eigenvalue weighted by Crippen LogP contribution is -2.03. The van der Waals surface area contributed by atoms with E-state index in [-0.39, 0.29) is 5.69 Å². The molecule has 1 heterocycles. The standard InChI is InChI=1S/C29H36ClNO3/c1-2-3-4-5-6-7-8-9-10-11-12-22-13-15-23(16-14-22)21-34-28-20-27(29(32)33)31-26-18-17-24(30)19-25(26)28/h13-20H,2-12,21H2,1H3,(H,32,33). The number of hydrogen-bond acceptors (Lipinski definition) is 3. The van der Waals surface area contributed by atoms with Gasteiger partial charge in [0.15, 0.2) is 5.69 Å². The van der Waals surface area contributed by atoms with Crippen LogP contribution in [0, 0.1) is 0 Å². The van der Waals surface area contributed by atoms with Gasteiger partial charge in [-0.15, -0.1) is 0 Å². The van der Waals surface area contributed by atoms with Gasteiger partial charge in [-0.05, 0) is 42.2 Å². The molecule has 3 rings (SSSR count). The molecule has 1 N–H and O–H groups in total. The number of pyridine rings is 1. The highest BCUT2D eigenvalue weighted by Crippen LogP contribution is 2.29. The molecular formula is C29H36ClNO3. The molecule has 0 aliphatic heterocycles. The van der Waals surface area contributed by atoms with E-state index in [2.05, 4.69) is 36.2 Å². The summed E-state index contributed by atoms with van der Waals surface area (Å²) in [5.41, 5.74) is 2.89. The van der Waals surface area contributed by atoms with Gasteiger partial charge in [0.05, 0.1) is 5.52 Å². The first kappa shape index (κ1) is 26.0. The van der Waals surface area contributed by atoms with E-state index in [1.807, 2.05) is 0 Å². The zero-order valence-corrected chi connectivity index (χ0v) is 20.9. The van der Waals surface area contributed by atoms with Crippen LogP contribution in [0.25, 0.3) is 10.9 Å². The van der Waals surface area contributed by atoms with Gasteiger partial charge in [-0.3, -0.25) is 0 Å². The Balaban J connectivity index is 1.44. The van der Waals surface area contributed by atoms with Crippen molar-refractivity contribution < 1.29 is 14.6 Å². The van der Waals surface area contributed by atoms with Gasteiger partial charge in [-0.2, -0.15) is 0 Å². The first-order valence-electron chi connectivity index (χ1n) is 12.6. The van der Waals surface area contributed by atoms with Crippen molar-refractivity contribution in [1.82, 2.24) is 4.98 Å². The van der Waals surface area contributed by atoms with E-state index in [1.54, 1.807) is 18.2 Å². The summed E-state index contributed by atoms with van der Waals surface area (Å²) in [7, 11) is 0. The number of aromatic carboxylic acids is 1. The van der Waals surface area contributed by atoms with Crippen molar-refractivity contribution in [2.24, 2.45) is 0 Å². The third-order valence-electron chi connectivity index (χ3n) is 6.19. The number of nitrogens with zero attached hydrogens (tertiary/aromatic N) is 1. The zero-order chi connectivity index (χ0) is 24.2. The molecule has 2 aromatic carbocycles. The van der Waals surface area contributed by atoms with Crippen molar-refractivity contribution in [2.75, 3.05) is 0 Å². The number of carboxylic acids is 1. The van der Waals surface area contributed by atoms with Crippen LogP contribution < -0.4 is 4.74 Å². The molecule has 0 saturated heterocycles. The number of halogens is 1. The maximum atomic E-state index is 11.4. The topological polar surface area (TPSA) is 59.4 Å². The molecule has 0 saturated carbocycles. The summed E-state index contributed by atoms with van der Waals surface area (Å²) in [6.45, 7) is 2.61. The molecule has 0 amide bonds. The Morgan fingerprint density at radius 3 is 2.12 bits per heavy atom. The molecule has 0 atom stereocenters. The fourth-order valence-electron chi connectivity index (χ4n) is 4.18. The van der Waals surface area contributed by atoms with Gasteiger partial charge in [-0.1, -0.05) is 101 Å². The summed E-state index contributed by atoms with van der Waals surface area (Å²) in [6, 6.07) is 15.1. The molecule has 5 heteroatoms. The second-order valence-electron chi connectivity index (χ2n) is 9.01. The average Bonchev–Trinajstić information content (AvgIpc) is 2.84. The van der Waals surface area contributed by atoms with Crippen LogP contribution in [0.4, 0.5) is 0 Å². The molecule has 0 aliphatic carbocycles. The monoisotopic (exact) mass is 481 g/mol. The molecule has 3 aromatic rings. The van der Waals surface area contributed by atoms with Crippen molar-refractivity contribution in [3.63, 3.8) is 0 Å². The van der Waals surface area contributed by atoms with Crippen molar-refractivity contribution in [1.29, 1.82) is 0 Å². The van der Waals surface area contributed by atoms with Crippen LogP contribution >= 0.6 is 11.6 Å². The first-order valence-corrected chi connectivity index (χ1v) is 13.0. The predicted octanol–water partition coefficient (Wildman–Crippen LogP) is 8.63. The lowest BCUT2D eigenvalue weighted by molar-refractivity contribution is 0.0690. The van der Waals surface area contributed by atoms with E-state index in [9.17, 15) is 9.90 Å². The number of hydrogen-bond donors (Lipinski definition) is 1. The number of rotatable bonds is 15. The number of ether oxygens (including phenoxy) is 1. The van der Waals surface area contributed by atoms with Crippen LogP contribution in [0.5, 0.6) is 5.75 Å². The zero-order valence-electron chi connectivity index (χ0n) is 20.2. The molecule has 0 fully saturated rings. The van der Waals surface area contributed by atoms with Crippen LogP contribution in [-0.4, -0.2) is 16.1 Å². The summed E-state index contributed by atoms with van der Waals surface area (Å²) in [4.78, 5) is 15.6. The molecule has 1 aromatic heterocycles. The number of carboxylic acid groups (broad SMARTS) is 1. The fourth-order valence-corrected chi connectivity index (χ4v) is 4.35. The summed E-state index contributed by atoms with van der Waals surface area (Å²) < 4.78 is 6.00. The highest BCUT2D eigenvalue weighted by molar-refractivity contribution is 6.31. The maximum absolute atomic E-state index is 11.4. The Kier molecular flexibility index (Phi) is 10.7. The highest BCUT2D eigenvalue weighted by atomic mass is 35.5. The molecule has 0 radical (unpaired) electrons. The molecule has 4 nitrogen and oxygen atoms in total. The molecule has 0 spiro atoms. The van der Waals surface area contributed by atoms with Gasteiger partial charge in [0.2, 0.25) is 0 Å². The van der Waals surface area contributed by atoms with Gasteiger partial charge in [0.25, 0.3) is 0 Å². The number of benzene rings is 2. The number of fused-ring (bicyclic) bond motifs is 1.